The fourth-order valence-corrected chi connectivity index (χ4v) is 2.52. The van der Waals surface area contributed by atoms with E-state index in [2.05, 4.69) is 34.7 Å². The Balaban J connectivity index is 1.82. The van der Waals surface area contributed by atoms with E-state index in [0.717, 1.165) is 24.2 Å². The van der Waals surface area contributed by atoms with Crippen molar-refractivity contribution in [3.8, 4) is 23.2 Å². The predicted octanol–water partition coefficient (Wildman–Crippen LogP) is 3.74. The molecule has 1 aromatic heterocycles. The van der Waals surface area contributed by atoms with Crippen molar-refractivity contribution in [2.75, 3.05) is 6.61 Å². The zero-order chi connectivity index (χ0) is 19.1. The molecule has 3 aromatic rings. The Kier molecular flexibility index (Phi) is 6.38. The van der Waals surface area contributed by atoms with E-state index >= 15 is 0 Å². The zero-order valence-electron chi connectivity index (χ0n) is 15.9. The van der Waals surface area contributed by atoms with Gasteiger partial charge in [-0.3, -0.25) is 0 Å². The zero-order valence-corrected chi connectivity index (χ0v) is 15.9. The number of hydrogen-bond donors (Lipinski definition) is 1. The summed E-state index contributed by atoms with van der Waals surface area (Å²) < 4.78 is 13.3. The van der Waals surface area contributed by atoms with E-state index in [-0.39, 0.29) is 6.01 Å². The number of tetrazole rings is 1. The minimum atomic E-state index is 0.285. The molecule has 0 spiro atoms. The van der Waals surface area contributed by atoms with Gasteiger partial charge in [0.2, 0.25) is 0 Å². The third kappa shape index (κ3) is 4.83. The fraction of sp³-hybridized carbons (Fsp3) is 0.350. The van der Waals surface area contributed by atoms with Gasteiger partial charge in [0.25, 0.3) is 0 Å². The van der Waals surface area contributed by atoms with Crippen molar-refractivity contribution in [1.29, 1.82) is 0 Å². The summed E-state index contributed by atoms with van der Waals surface area (Å²) in [5.41, 5.74) is 1.96. The van der Waals surface area contributed by atoms with Crippen LogP contribution in [0.1, 0.15) is 32.8 Å². The van der Waals surface area contributed by atoms with Crippen LogP contribution < -0.4 is 14.8 Å². The lowest BCUT2D eigenvalue weighted by molar-refractivity contribution is 0.315. The molecule has 1 atom stereocenters. The molecule has 0 saturated heterocycles. The predicted molar refractivity (Wildman–Crippen MR) is 103 cm³/mol. The summed E-state index contributed by atoms with van der Waals surface area (Å²) >= 11 is 0. The summed E-state index contributed by atoms with van der Waals surface area (Å²) in [4.78, 5) is 0. The van der Waals surface area contributed by atoms with Crippen LogP contribution in [0.25, 0.3) is 5.69 Å². The lowest BCUT2D eigenvalue weighted by Crippen LogP contribution is -2.24. The normalized spacial score (nSPS) is 12.0. The third-order valence-electron chi connectivity index (χ3n) is 4.22. The first kappa shape index (κ1) is 18.8. The lowest BCUT2D eigenvalue weighted by atomic mass is 10.1. The van der Waals surface area contributed by atoms with Crippen molar-refractivity contribution in [3.05, 3.63) is 54.1 Å². The molecule has 3 rings (SSSR count). The highest BCUT2D eigenvalue weighted by atomic mass is 16.5. The molecule has 0 aliphatic rings. The van der Waals surface area contributed by atoms with Crippen LogP contribution in [-0.4, -0.2) is 32.9 Å². The van der Waals surface area contributed by atoms with Crippen LogP contribution in [0.3, 0.4) is 0 Å². The van der Waals surface area contributed by atoms with Crippen molar-refractivity contribution in [2.45, 2.75) is 39.8 Å². The van der Waals surface area contributed by atoms with E-state index in [1.165, 1.54) is 0 Å². The van der Waals surface area contributed by atoms with Crippen LogP contribution in [0.2, 0.25) is 0 Å². The Bertz CT molecular complexity index is 851. The molecule has 0 radical (unpaired) electrons. The van der Waals surface area contributed by atoms with Gasteiger partial charge < -0.3 is 14.8 Å². The van der Waals surface area contributed by atoms with Crippen molar-refractivity contribution in [2.24, 2.45) is 0 Å². The standard InChI is InChI=1S/C20H25N5O2/c1-4-15(3)21-14-16-11-12-18(19(13-16)26-5-2)27-20-22-23-24-25(20)17-9-7-6-8-10-17/h6-13,15,21H,4-5,14H2,1-3H3/t15-/m0/s1. The average Bonchev–Trinajstić information content (AvgIpc) is 3.17. The number of hydrogen-bond acceptors (Lipinski definition) is 6. The summed E-state index contributed by atoms with van der Waals surface area (Å²) in [5.74, 6) is 1.25. The molecular weight excluding hydrogens is 342 g/mol. The quantitative estimate of drug-likeness (QED) is 0.621. The van der Waals surface area contributed by atoms with Gasteiger partial charge in [-0.1, -0.05) is 36.3 Å². The Morgan fingerprint density at radius 2 is 1.89 bits per heavy atom. The van der Waals surface area contributed by atoms with Crippen LogP contribution in [0, 0.1) is 0 Å². The molecule has 142 valence electrons. The van der Waals surface area contributed by atoms with Gasteiger partial charge in [-0.2, -0.15) is 4.68 Å². The van der Waals surface area contributed by atoms with Gasteiger partial charge in [-0.05, 0) is 60.5 Å². The van der Waals surface area contributed by atoms with Gasteiger partial charge >= 0.3 is 6.01 Å². The third-order valence-corrected chi connectivity index (χ3v) is 4.22. The maximum atomic E-state index is 5.97. The molecule has 0 amide bonds. The molecule has 2 aromatic carbocycles. The largest absolute Gasteiger partial charge is 0.490 e. The molecule has 27 heavy (non-hydrogen) atoms. The first-order chi connectivity index (χ1) is 13.2. The molecule has 0 aliphatic heterocycles. The van der Waals surface area contributed by atoms with E-state index < -0.39 is 0 Å². The number of para-hydroxylation sites is 1. The molecule has 7 nitrogen and oxygen atoms in total. The van der Waals surface area contributed by atoms with Crippen LogP contribution in [0.5, 0.6) is 17.5 Å². The monoisotopic (exact) mass is 367 g/mol. The molecule has 0 aliphatic carbocycles. The molecular formula is C20H25N5O2. The highest BCUT2D eigenvalue weighted by molar-refractivity contribution is 5.44. The molecule has 1 heterocycles. The Labute approximate surface area is 159 Å². The fourth-order valence-electron chi connectivity index (χ4n) is 2.52. The van der Waals surface area contributed by atoms with E-state index in [1.807, 2.05) is 55.5 Å². The number of aromatic nitrogens is 4. The molecule has 0 fully saturated rings. The highest BCUT2D eigenvalue weighted by Crippen LogP contribution is 2.32. The minimum absolute atomic E-state index is 0.285. The van der Waals surface area contributed by atoms with Gasteiger partial charge in [-0.15, -0.1) is 0 Å². The van der Waals surface area contributed by atoms with E-state index in [4.69, 9.17) is 9.47 Å². The highest BCUT2D eigenvalue weighted by Gasteiger charge is 2.14. The summed E-state index contributed by atoms with van der Waals surface area (Å²) in [5, 5.41) is 15.2. The number of benzene rings is 2. The summed E-state index contributed by atoms with van der Waals surface area (Å²) in [6.07, 6.45) is 1.08. The van der Waals surface area contributed by atoms with Crippen LogP contribution in [-0.2, 0) is 6.54 Å². The lowest BCUT2D eigenvalue weighted by Gasteiger charge is -2.15. The van der Waals surface area contributed by atoms with Crippen LogP contribution in [0.4, 0.5) is 0 Å². The molecule has 0 unspecified atom stereocenters. The number of ether oxygens (including phenoxy) is 2. The van der Waals surface area contributed by atoms with Gasteiger partial charge in [-0.25, -0.2) is 0 Å². The maximum absolute atomic E-state index is 5.97. The van der Waals surface area contributed by atoms with Gasteiger partial charge in [0.05, 0.1) is 12.3 Å². The summed E-state index contributed by atoms with van der Waals surface area (Å²) in [6, 6.07) is 16.3. The second-order valence-electron chi connectivity index (χ2n) is 6.22. The minimum Gasteiger partial charge on any atom is -0.490 e. The first-order valence-corrected chi connectivity index (χ1v) is 9.22. The summed E-state index contributed by atoms with van der Waals surface area (Å²) in [6.45, 7) is 7.60. The molecule has 7 heteroatoms. The molecule has 1 N–H and O–H groups in total. The van der Waals surface area contributed by atoms with Crippen molar-refractivity contribution < 1.29 is 9.47 Å². The van der Waals surface area contributed by atoms with Crippen LogP contribution in [0.15, 0.2) is 48.5 Å². The SMILES string of the molecule is CCOc1cc(CN[C@@H](C)CC)ccc1Oc1nnnn1-c1ccccc1. The van der Waals surface area contributed by atoms with E-state index in [0.29, 0.717) is 24.1 Å². The summed E-state index contributed by atoms with van der Waals surface area (Å²) in [7, 11) is 0. The Hall–Kier alpha value is -2.93. The second kappa shape index (κ2) is 9.14. The number of rotatable bonds is 9. The molecule has 0 bridgehead atoms. The van der Waals surface area contributed by atoms with Crippen molar-refractivity contribution >= 4 is 0 Å². The van der Waals surface area contributed by atoms with Crippen LogP contribution >= 0.6 is 0 Å². The number of nitrogens with zero attached hydrogens (tertiary/aromatic N) is 4. The van der Waals surface area contributed by atoms with Crippen molar-refractivity contribution in [1.82, 2.24) is 25.5 Å². The Morgan fingerprint density at radius 1 is 1.07 bits per heavy atom. The topological polar surface area (TPSA) is 74.1 Å². The first-order valence-electron chi connectivity index (χ1n) is 9.22. The maximum Gasteiger partial charge on any atom is 0.346 e. The van der Waals surface area contributed by atoms with Gasteiger partial charge in [0, 0.05) is 12.6 Å². The second-order valence-corrected chi connectivity index (χ2v) is 6.22. The Morgan fingerprint density at radius 3 is 2.63 bits per heavy atom. The van der Waals surface area contributed by atoms with Gasteiger partial charge in [0.15, 0.2) is 11.5 Å². The van der Waals surface area contributed by atoms with E-state index in [1.54, 1.807) is 4.68 Å². The van der Waals surface area contributed by atoms with Crippen molar-refractivity contribution in [3.63, 3.8) is 0 Å². The molecule has 0 saturated carbocycles. The average molecular weight is 367 g/mol. The number of nitrogens with one attached hydrogen (secondary N) is 1. The smallest absolute Gasteiger partial charge is 0.346 e. The van der Waals surface area contributed by atoms with Gasteiger partial charge in [0.1, 0.15) is 0 Å². The van der Waals surface area contributed by atoms with E-state index in [9.17, 15) is 0 Å².